The molecule has 146 valence electrons. The number of aromatic nitrogens is 3. The predicted octanol–water partition coefficient (Wildman–Crippen LogP) is 3.23. The first-order valence-corrected chi connectivity index (χ1v) is 8.86. The SMILES string of the molecule is Cc1nc2cccc(-c3cc4c([nH]3)CCNC4=O)c2nc1NC(CF)C(F)F. The van der Waals surface area contributed by atoms with Crippen LogP contribution in [0, 0.1) is 6.92 Å². The highest BCUT2D eigenvalue weighted by Crippen LogP contribution is 2.30. The number of alkyl halides is 3. The van der Waals surface area contributed by atoms with Crippen LogP contribution in [0.15, 0.2) is 24.3 Å². The second-order valence-corrected chi connectivity index (χ2v) is 6.65. The number of hydrogen-bond acceptors (Lipinski definition) is 4. The zero-order valence-corrected chi connectivity index (χ0v) is 15.0. The Labute approximate surface area is 158 Å². The van der Waals surface area contributed by atoms with Crippen molar-refractivity contribution in [3.05, 3.63) is 41.2 Å². The fourth-order valence-corrected chi connectivity index (χ4v) is 3.30. The number of anilines is 1. The van der Waals surface area contributed by atoms with E-state index < -0.39 is 19.1 Å². The van der Waals surface area contributed by atoms with Crippen LogP contribution >= 0.6 is 0 Å². The normalized spacial score (nSPS) is 14.8. The summed E-state index contributed by atoms with van der Waals surface area (Å²) in [4.78, 5) is 24.2. The summed E-state index contributed by atoms with van der Waals surface area (Å²) in [5, 5.41) is 5.24. The second kappa shape index (κ2) is 7.14. The maximum Gasteiger partial charge on any atom is 0.260 e. The van der Waals surface area contributed by atoms with Gasteiger partial charge in [-0.2, -0.15) is 0 Å². The Kier molecular flexibility index (Phi) is 4.66. The van der Waals surface area contributed by atoms with E-state index in [9.17, 15) is 18.0 Å². The van der Waals surface area contributed by atoms with E-state index in [1.165, 1.54) is 0 Å². The van der Waals surface area contributed by atoms with Gasteiger partial charge in [0.1, 0.15) is 24.1 Å². The number of para-hydroxylation sites is 1. The molecule has 3 heterocycles. The predicted molar refractivity (Wildman–Crippen MR) is 99.5 cm³/mol. The van der Waals surface area contributed by atoms with Crippen molar-refractivity contribution in [3.8, 4) is 11.3 Å². The Morgan fingerprint density at radius 2 is 2.07 bits per heavy atom. The quantitative estimate of drug-likeness (QED) is 0.626. The first-order valence-electron chi connectivity index (χ1n) is 8.86. The van der Waals surface area contributed by atoms with E-state index in [1.54, 1.807) is 19.1 Å². The van der Waals surface area contributed by atoms with Crippen molar-refractivity contribution in [2.75, 3.05) is 18.5 Å². The molecule has 0 radical (unpaired) electrons. The number of carbonyl (C=O) groups excluding carboxylic acids is 1. The van der Waals surface area contributed by atoms with Crippen LogP contribution in [0.3, 0.4) is 0 Å². The molecule has 1 unspecified atom stereocenters. The summed E-state index contributed by atoms with van der Waals surface area (Å²) in [5.41, 5.74) is 4.23. The van der Waals surface area contributed by atoms with Gasteiger partial charge in [-0.05, 0) is 19.1 Å². The zero-order valence-electron chi connectivity index (χ0n) is 15.0. The van der Waals surface area contributed by atoms with Crippen molar-refractivity contribution in [1.29, 1.82) is 0 Å². The molecule has 0 aliphatic carbocycles. The number of fused-ring (bicyclic) bond motifs is 2. The number of rotatable bonds is 5. The number of amides is 1. The van der Waals surface area contributed by atoms with Crippen LogP contribution in [0.25, 0.3) is 22.3 Å². The monoisotopic (exact) mass is 389 g/mol. The number of H-pyrrole nitrogens is 1. The van der Waals surface area contributed by atoms with Gasteiger partial charge in [0.15, 0.2) is 0 Å². The van der Waals surface area contributed by atoms with Crippen molar-refractivity contribution >= 4 is 22.8 Å². The number of aromatic amines is 1. The lowest BCUT2D eigenvalue weighted by Gasteiger charge is -2.17. The van der Waals surface area contributed by atoms with Crippen LogP contribution in [0.5, 0.6) is 0 Å². The topological polar surface area (TPSA) is 82.7 Å². The van der Waals surface area contributed by atoms with Crippen LogP contribution < -0.4 is 10.6 Å². The fraction of sp³-hybridized carbons (Fsp3) is 0.316. The average Bonchev–Trinajstić information content (AvgIpc) is 3.11. The lowest BCUT2D eigenvalue weighted by molar-refractivity contribution is 0.0945. The molecule has 1 atom stereocenters. The maximum atomic E-state index is 12.9. The largest absolute Gasteiger partial charge is 0.358 e. The van der Waals surface area contributed by atoms with Gasteiger partial charge < -0.3 is 15.6 Å². The number of aryl methyl sites for hydroxylation is 1. The molecular weight excluding hydrogens is 371 g/mol. The highest BCUT2D eigenvalue weighted by atomic mass is 19.3. The van der Waals surface area contributed by atoms with Crippen LogP contribution in [-0.2, 0) is 6.42 Å². The first-order chi connectivity index (χ1) is 13.5. The summed E-state index contributed by atoms with van der Waals surface area (Å²) in [7, 11) is 0. The molecule has 3 aromatic rings. The first kappa shape index (κ1) is 18.3. The second-order valence-electron chi connectivity index (χ2n) is 6.65. The molecule has 0 spiro atoms. The molecule has 4 rings (SSSR count). The Hall–Kier alpha value is -3.10. The Balaban J connectivity index is 1.81. The molecule has 2 aromatic heterocycles. The van der Waals surface area contributed by atoms with Gasteiger partial charge >= 0.3 is 0 Å². The van der Waals surface area contributed by atoms with Crippen LogP contribution in [0.1, 0.15) is 21.7 Å². The lowest BCUT2D eigenvalue weighted by atomic mass is 10.1. The molecule has 9 heteroatoms. The standard InChI is InChI=1S/C19H18F3N5O/c1-9-18(26-15(8-20)17(21)22)27-16-10(3-2-4-13(16)24-9)14-7-11-12(25-14)5-6-23-19(11)28/h2-4,7,15,17,25H,5-6,8H2,1H3,(H,23,28)(H,26,27). The van der Waals surface area contributed by atoms with Crippen LogP contribution in [-0.4, -0.2) is 46.5 Å². The van der Waals surface area contributed by atoms with Gasteiger partial charge in [-0.15, -0.1) is 0 Å². The number of nitrogens with zero attached hydrogens (tertiary/aromatic N) is 2. The van der Waals surface area contributed by atoms with Gasteiger partial charge in [-0.25, -0.2) is 23.1 Å². The summed E-state index contributed by atoms with van der Waals surface area (Å²) >= 11 is 0. The summed E-state index contributed by atoms with van der Waals surface area (Å²) in [5.74, 6) is -0.0343. The minimum Gasteiger partial charge on any atom is -0.358 e. The average molecular weight is 389 g/mol. The van der Waals surface area contributed by atoms with E-state index in [2.05, 4.69) is 25.6 Å². The van der Waals surface area contributed by atoms with Crippen molar-refractivity contribution in [2.24, 2.45) is 0 Å². The molecular formula is C19H18F3N5O. The molecule has 3 N–H and O–H groups in total. The summed E-state index contributed by atoms with van der Waals surface area (Å²) in [6.45, 7) is 0.962. The smallest absolute Gasteiger partial charge is 0.260 e. The van der Waals surface area contributed by atoms with Gasteiger partial charge in [-0.1, -0.05) is 12.1 Å². The Morgan fingerprint density at radius 1 is 1.25 bits per heavy atom. The van der Waals surface area contributed by atoms with E-state index in [-0.39, 0.29) is 11.7 Å². The van der Waals surface area contributed by atoms with Crippen LogP contribution in [0.4, 0.5) is 19.0 Å². The minimum atomic E-state index is -2.87. The number of halogens is 3. The third kappa shape index (κ3) is 3.17. The van der Waals surface area contributed by atoms with E-state index in [0.717, 1.165) is 5.69 Å². The molecule has 1 aromatic carbocycles. The van der Waals surface area contributed by atoms with Gasteiger partial charge in [0.05, 0.1) is 16.8 Å². The van der Waals surface area contributed by atoms with Gasteiger partial charge in [-0.3, -0.25) is 4.79 Å². The number of benzene rings is 1. The van der Waals surface area contributed by atoms with Crippen LogP contribution in [0.2, 0.25) is 0 Å². The molecule has 0 saturated carbocycles. The molecule has 1 amide bonds. The third-order valence-corrected chi connectivity index (χ3v) is 4.76. The molecule has 0 bridgehead atoms. The van der Waals surface area contributed by atoms with E-state index in [0.29, 0.717) is 46.5 Å². The Morgan fingerprint density at radius 3 is 2.79 bits per heavy atom. The van der Waals surface area contributed by atoms with Crippen molar-refractivity contribution in [1.82, 2.24) is 20.3 Å². The van der Waals surface area contributed by atoms with E-state index >= 15 is 0 Å². The Bertz CT molecular complexity index is 1050. The summed E-state index contributed by atoms with van der Waals surface area (Å²) < 4.78 is 38.8. The third-order valence-electron chi connectivity index (χ3n) is 4.76. The van der Waals surface area contributed by atoms with Crippen molar-refractivity contribution in [2.45, 2.75) is 25.8 Å². The molecule has 1 aliphatic heterocycles. The minimum absolute atomic E-state index is 0.108. The summed E-state index contributed by atoms with van der Waals surface area (Å²) in [6, 6.07) is 5.47. The van der Waals surface area contributed by atoms with Gasteiger partial charge in [0.2, 0.25) is 0 Å². The molecule has 0 saturated heterocycles. The fourth-order valence-electron chi connectivity index (χ4n) is 3.30. The highest BCUT2D eigenvalue weighted by molar-refractivity contribution is 5.99. The maximum absolute atomic E-state index is 12.9. The molecule has 28 heavy (non-hydrogen) atoms. The highest BCUT2D eigenvalue weighted by Gasteiger charge is 2.23. The molecule has 0 fully saturated rings. The van der Waals surface area contributed by atoms with E-state index in [4.69, 9.17) is 0 Å². The number of nitrogens with one attached hydrogen (secondary N) is 3. The van der Waals surface area contributed by atoms with E-state index in [1.807, 2.05) is 12.1 Å². The number of carbonyl (C=O) groups is 1. The van der Waals surface area contributed by atoms with Crippen molar-refractivity contribution in [3.63, 3.8) is 0 Å². The lowest BCUT2D eigenvalue weighted by Crippen LogP contribution is -2.31. The van der Waals surface area contributed by atoms with Crippen molar-refractivity contribution < 1.29 is 18.0 Å². The van der Waals surface area contributed by atoms with Gasteiger partial charge in [0, 0.05) is 29.9 Å². The zero-order chi connectivity index (χ0) is 19.8. The number of hydrogen-bond donors (Lipinski definition) is 3. The van der Waals surface area contributed by atoms with Gasteiger partial charge in [0.25, 0.3) is 12.3 Å². The molecule has 1 aliphatic rings. The summed E-state index contributed by atoms with van der Waals surface area (Å²) in [6.07, 6.45) is -2.18. The molecule has 6 nitrogen and oxygen atoms in total.